The molecule has 16 heavy (non-hydrogen) atoms. The van der Waals surface area contributed by atoms with Crippen molar-refractivity contribution in [3.63, 3.8) is 0 Å². The Morgan fingerprint density at radius 2 is 2.38 bits per heavy atom. The molecule has 1 fully saturated rings. The van der Waals surface area contributed by atoms with Crippen LogP contribution in [0.4, 0.5) is 0 Å². The van der Waals surface area contributed by atoms with Crippen molar-refractivity contribution in [1.82, 2.24) is 14.5 Å². The Bertz CT molecular complexity index is 324. The summed E-state index contributed by atoms with van der Waals surface area (Å²) in [6.07, 6.45) is 5.07. The molecule has 92 valence electrons. The van der Waals surface area contributed by atoms with Crippen LogP contribution in [0.1, 0.15) is 19.2 Å². The predicted molar refractivity (Wildman–Crippen MR) is 67.5 cm³/mol. The first-order chi connectivity index (χ1) is 7.16. The van der Waals surface area contributed by atoms with E-state index in [4.69, 9.17) is 5.73 Å². The number of aromatic nitrogens is 2. The van der Waals surface area contributed by atoms with E-state index in [1.165, 1.54) is 6.42 Å². The molecule has 0 amide bonds. The summed E-state index contributed by atoms with van der Waals surface area (Å²) in [7, 11) is 2.04. The van der Waals surface area contributed by atoms with Crippen LogP contribution in [0.2, 0.25) is 0 Å². The number of hydrogen-bond donors (Lipinski definition) is 1. The smallest absolute Gasteiger partial charge is 0.122 e. The third-order valence-electron chi connectivity index (χ3n) is 3.34. The van der Waals surface area contributed by atoms with Gasteiger partial charge in [-0.1, -0.05) is 0 Å². The molecule has 0 aliphatic carbocycles. The van der Waals surface area contributed by atoms with Gasteiger partial charge in [-0.15, -0.1) is 12.4 Å². The summed E-state index contributed by atoms with van der Waals surface area (Å²) in [5.41, 5.74) is 5.92. The molecule has 0 spiro atoms. The third kappa shape index (κ3) is 2.97. The molecule has 1 aromatic heterocycles. The van der Waals surface area contributed by atoms with Crippen LogP contribution >= 0.6 is 12.4 Å². The van der Waals surface area contributed by atoms with Crippen LogP contribution in [-0.4, -0.2) is 33.6 Å². The number of aryl methyl sites for hydroxylation is 1. The fourth-order valence-electron chi connectivity index (χ4n) is 2.18. The lowest BCUT2D eigenvalue weighted by molar-refractivity contribution is 0.298. The minimum Gasteiger partial charge on any atom is -0.337 e. The average molecular weight is 245 g/mol. The van der Waals surface area contributed by atoms with Gasteiger partial charge in [-0.3, -0.25) is 4.90 Å². The van der Waals surface area contributed by atoms with Crippen molar-refractivity contribution in [3.8, 4) is 0 Å². The van der Waals surface area contributed by atoms with E-state index in [-0.39, 0.29) is 12.4 Å². The number of halogens is 1. The molecule has 2 atom stereocenters. The lowest BCUT2D eigenvalue weighted by Gasteiger charge is -2.17. The SMILES string of the molecule is CC(N)C1CCN(Cc2nccn2C)C1.Cl. The third-order valence-corrected chi connectivity index (χ3v) is 3.34. The first kappa shape index (κ1) is 13.5. The summed E-state index contributed by atoms with van der Waals surface area (Å²) in [4.78, 5) is 6.78. The highest BCUT2D eigenvalue weighted by atomic mass is 35.5. The number of rotatable bonds is 3. The van der Waals surface area contributed by atoms with Gasteiger partial charge in [0.25, 0.3) is 0 Å². The van der Waals surface area contributed by atoms with Gasteiger partial charge < -0.3 is 10.3 Å². The Morgan fingerprint density at radius 1 is 1.62 bits per heavy atom. The minimum atomic E-state index is 0. The molecule has 0 saturated carbocycles. The molecule has 2 rings (SSSR count). The number of hydrogen-bond acceptors (Lipinski definition) is 3. The zero-order valence-corrected chi connectivity index (χ0v) is 10.8. The van der Waals surface area contributed by atoms with Crippen molar-refractivity contribution in [1.29, 1.82) is 0 Å². The number of likely N-dealkylation sites (tertiary alicyclic amines) is 1. The maximum absolute atomic E-state index is 5.92. The quantitative estimate of drug-likeness (QED) is 0.864. The summed E-state index contributed by atoms with van der Waals surface area (Å²) in [5.74, 6) is 1.80. The zero-order valence-electron chi connectivity index (χ0n) is 9.97. The van der Waals surface area contributed by atoms with Crippen molar-refractivity contribution in [2.24, 2.45) is 18.7 Å². The van der Waals surface area contributed by atoms with E-state index in [2.05, 4.69) is 21.4 Å². The number of imidazole rings is 1. The van der Waals surface area contributed by atoms with Gasteiger partial charge in [0.1, 0.15) is 5.82 Å². The summed E-state index contributed by atoms with van der Waals surface area (Å²) in [6, 6.07) is 0.316. The van der Waals surface area contributed by atoms with Gasteiger partial charge in [-0.25, -0.2) is 4.98 Å². The van der Waals surface area contributed by atoms with Crippen LogP contribution in [-0.2, 0) is 13.6 Å². The molecule has 0 radical (unpaired) electrons. The molecule has 0 bridgehead atoms. The second-order valence-corrected chi connectivity index (χ2v) is 4.60. The van der Waals surface area contributed by atoms with Crippen molar-refractivity contribution in [3.05, 3.63) is 18.2 Å². The second-order valence-electron chi connectivity index (χ2n) is 4.60. The minimum absolute atomic E-state index is 0. The summed E-state index contributed by atoms with van der Waals surface area (Å²) in [5, 5.41) is 0. The van der Waals surface area contributed by atoms with Gasteiger partial charge in [-0.05, 0) is 25.8 Å². The Morgan fingerprint density at radius 3 is 2.88 bits per heavy atom. The Labute approximate surface area is 103 Å². The first-order valence-electron chi connectivity index (χ1n) is 5.61. The van der Waals surface area contributed by atoms with Gasteiger partial charge in [0.05, 0.1) is 6.54 Å². The molecular weight excluding hydrogens is 224 g/mol. The molecular formula is C11H21ClN4. The van der Waals surface area contributed by atoms with E-state index in [9.17, 15) is 0 Å². The molecule has 2 N–H and O–H groups in total. The Balaban J connectivity index is 0.00000128. The Hall–Kier alpha value is -0.580. The highest BCUT2D eigenvalue weighted by Crippen LogP contribution is 2.19. The number of nitrogens with zero attached hydrogens (tertiary/aromatic N) is 3. The molecule has 2 heterocycles. The summed E-state index contributed by atoms with van der Waals surface area (Å²) in [6.45, 7) is 5.32. The van der Waals surface area contributed by atoms with Crippen molar-refractivity contribution < 1.29 is 0 Å². The molecule has 5 heteroatoms. The van der Waals surface area contributed by atoms with Gasteiger partial charge in [0.15, 0.2) is 0 Å². The van der Waals surface area contributed by atoms with Crippen LogP contribution < -0.4 is 5.73 Å². The molecule has 0 aromatic carbocycles. The lowest BCUT2D eigenvalue weighted by Crippen LogP contribution is -2.30. The fourth-order valence-corrected chi connectivity index (χ4v) is 2.18. The van der Waals surface area contributed by atoms with Gasteiger partial charge >= 0.3 is 0 Å². The van der Waals surface area contributed by atoms with Crippen LogP contribution in [0.5, 0.6) is 0 Å². The highest BCUT2D eigenvalue weighted by Gasteiger charge is 2.25. The largest absolute Gasteiger partial charge is 0.337 e. The van der Waals surface area contributed by atoms with Crippen molar-refractivity contribution >= 4 is 12.4 Å². The lowest BCUT2D eigenvalue weighted by atomic mass is 10.0. The van der Waals surface area contributed by atoms with Crippen LogP contribution in [0.15, 0.2) is 12.4 Å². The molecule has 1 aliphatic rings. The van der Waals surface area contributed by atoms with E-state index in [1.54, 1.807) is 0 Å². The van der Waals surface area contributed by atoms with Crippen molar-refractivity contribution in [2.75, 3.05) is 13.1 Å². The van der Waals surface area contributed by atoms with E-state index in [1.807, 2.05) is 19.4 Å². The van der Waals surface area contributed by atoms with Gasteiger partial charge in [0.2, 0.25) is 0 Å². The predicted octanol–water partition coefficient (Wildman–Crippen LogP) is 1.01. The number of nitrogens with two attached hydrogens (primary N) is 1. The first-order valence-corrected chi connectivity index (χ1v) is 5.61. The normalized spacial score (nSPS) is 23.1. The fraction of sp³-hybridized carbons (Fsp3) is 0.727. The maximum Gasteiger partial charge on any atom is 0.122 e. The average Bonchev–Trinajstić information content (AvgIpc) is 2.77. The second kappa shape index (κ2) is 5.66. The van der Waals surface area contributed by atoms with Crippen LogP contribution in [0, 0.1) is 5.92 Å². The Kier molecular flexibility index (Phi) is 4.77. The van der Waals surface area contributed by atoms with E-state index < -0.39 is 0 Å². The van der Waals surface area contributed by atoms with Crippen molar-refractivity contribution in [2.45, 2.75) is 25.9 Å². The molecule has 1 saturated heterocycles. The molecule has 1 aromatic rings. The van der Waals surface area contributed by atoms with E-state index in [0.717, 1.165) is 25.5 Å². The van der Waals surface area contributed by atoms with Crippen LogP contribution in [0.25, 0.3) is 0 Å². The summed E-state index contributed by atoms with van der Waals surface area (Å²) >= 11 is 0. The zero-order chi connectivity index (χ0) is 10.8. The molecule has 1 aliphatic heterocycles. The van der Waals surface area contributed by atoms with Gasteiger partial charge in [0, 0.05) is 32.0 Å². The molecule has 2 unspecified atom stereocenters. The monoisotopic (exact) mass is 244 g/mol. The molecule has 4 nitrogen and oxygen atoms in total. The standard InChI is InChI=1S/C11H20N4.ClH/c1-9(12)10-3-5-15(7-10)8-11-13-4-6-14(11)2;/h4,6,9-10H,3,5,7-8,12H2,1-2H3;1H. The summed E-state index contributed by atoms with van der Waals surface area (Å²) < 4.78 is 2.08. The van der Waals surface area contributed by atoms with Crippen LogP contribution in [0.3, 0.4) is 0 Å². The van der Waals surface area contributed by atoms with Gasteiger partial charge in [-0.2, -0.15) is 0 Å². The maximum atomic E-state index is 5.92. The van der Waals surface area contributed by atoms with E-state index >= 15 is 0 Å². The topological polar surface area (TPSA) is 47.1 Å². The highest BCUT2D eigenvalue weighted by molar-refractivity contribution is 5.85. The van der Waals surface area contributed by atoms with E-state index in [0.29, 0.717) is 12.0 Å².